The van der Waals surface area contributed by atoms with Crippen molar-refractivity contribution < 1.29 is 13.5 Å². The summed E-state index contributed by atoms with van der Waals surface area (Å²) in [6.45, 7) is 0.169. The summed E-state index contributed by atoms with van der Waals surface area (Å²) < 4.78 is 28.2. The smallest absolute Gasteiger partial charge is 0.265 e. The van der Waals surface area contributed by atoms with Crippen molar-refractivity contribution in [1.82, 2.24) is 9.78 Å². The van der Waals surface area contributed by atoms with Crippen molar-refractivity contribution in [2.45, 2.75) is 16.3 Å². The number of sulfonamides is 1. The number of anilines is 1. The van der Waals surface area contributed by atoms with Gasteiger partial charge in [0.25, 0.3) is 10.0 Å². The summed E-state index contributed by atoms with van der Waals surface area (Å²) in [6, 6.07) is 7.11. The van der Waals surface area contributed by atoms with Crippen molar-refractivity contribution in [3.05, 3.63) is 36.7 Å². The first-order valence-electron chi connectivity index (χ1n) is 5.85. The maximum absolute atomic E-state index is 12.1. The Morgan fingerprint density at radius 2 is 2.05 bits per heavy atom. The van der Waals surface area contributed by atoms with Crippen molar-refractivity contribution in [3.8, 4) is 0 Å². The van der Waals surface area contributed by atoms with Crippen LogP contribution in [0.2, 0.25) is 0 Å². The SMILES string of the molecule is CSc1ccc(NS(=O)(=O)c2cnn(CCO)c2)cc1. The normalized spacial score (nSPS) is 11.5. The Bertz CT molecular complexity index is 666. The predicted octanol–water partition coefficient (Wildman–Crippen LogP) is 1.40. The van der Waals surface area contributed by atoms with Crippen molar-refractivity contribution in [2.75, 3.05) is 17.6 Å². The van der Waals surface area contributed by atoms with Gasteiger partial charge in [0.15, 0.2) is 0 Å². The number of aliphatic hydroxyl groups excluding tert-OH is 1. The number of aliphatic hydroxyl groups is 1. The third kappa shape index (κ3) is 3.53. The Morgan fingerprint density at radius 1 is 1.35 bits per heavy atom. The first-order valence-corrected chi connectivity index (χ1v) is 8.56. The van der Waals surface area contributed by atoms with Crippen LogP contribution in [0.25, 0.3) is 0 Å². The number of nitrogens with zero attached hydrogens (tertiary/aromatic N) is 2. The summed E-state index contributed by atoms with van der Waals surface area (Å²) >= 11 is 1.59. The average Bonchev–Trinajstić information content (AvgIpc) is 2.89. The summed E-state index contributed by atoms with van der Waals surface area (Å²) in [5, 5.41) is 12.7. The number of rotatable bonds is 6. The maximum Gasteiger partial charge on any atom is 0.265 e. The molecule has 0 radical (unpaired) electrons. The maximum atomic E-state index is 12.1. The zero-order chi connectivity index (χ0) is 14.6. The van der Waals surface area contributed by atoms with E-state index in [4.69, 9.17) is 5.11 Å². The van der Waals surface area contributed by atoms with Crippen molar-refractivity contribution in [2.24, 2.45) is 0 Å². The number of aromatic nitrogens is 2. The van der Waals surface area contributed by atoms with E-state index in [0.717, 1.165) is 4.90 Å². The summed E-state index contributed by atoms with van der Waals surface area (Å²) in [6.07, 6.45) is 4.60. The second-order valence-corrected chi connectivity index (χ2v) is 6.56. The van der Waals surface area contributed by atoms with E-state index in [1.165, 1.54) is 17.1 Å². The minimum absolute atomic E-state index is 0.0693. The van der Waals surface area contributed by atoms with E-state index < -0.39 is 10.0 Å². The van der Waals surface area contributed by atoms with Crippen LogP contribution < -0.4 is 4.72 Å². The zero-order valence-electron chi connectivity index (χ0n) is 10.9. The summed E-state index contributed by atoms with van der Waals surface area (Å²) in [5.41, 5.74) is 0.498. The summed E-state index contributed by atoms with van der Waals surface area (Å²) in [4.78, 5) is 1.13. The van der Waals surface area contributed by atoms with Gasteiger partial charge in [0.2, 0.25) is 0 Å². The summed E-state index contributed by atoms with van der Waals surface area (Å²) in [7, 11) is -3.65. The third-order valence-electron chi connectivity index (χ3n) is 2.59. The molecule has 0 saturated heterocycles. The molecule has 2 N–H and O–H groups in total. The molecule has 1 aromatic carbocycles. The molecular weight excluding hydrogens is 298 g/mol. The lowest BCUT2D eigenvalue weighted by atomic mass is 10.3. The van der Waals surface area contributed by atoms with Crippen molar-refractivity contribution in [3.63, 3.8) is 0 Å². The van der Waals surface area contributed by atoms with Gasteiger partial charge in [-0.15, -0.1) is 11.8 Å². The first kappa shape index (κ1) is 14.9. The molecule has 108 valence electrons. The molecule has 0 unspecified atom stereocenters. The van der Waals surface area contributed by atoms with Crippen LogP contribution >= 0.6 is 11.8 Å². The second kappa shape index (κ2) is 6.29. The van der Waals surface area contributed by atoms with E-state index in [-0.39, 0.29) is 18.0 Å². The Labute approximate surface area is 121 Å². The molecule has 0 saturated carbocycles. The quantitative estimate of drug-likeness (QED) is 0.788. The van der Waals surface area contributed by atoms with Crippen molar-refractivity contribution in [1.29, 1.82) is 0 Å². The molecule has 1 aromatic heterocycles. The molecule has 0 fully saturated rings. The fraction of sp³-hybridized carbons (Fsp3) is 0.250. The highest BCUT2D eigenvalue weighted by molar-refractivity contribution is 7.98. The van der Waals surface area contributed by atoms with E-state index >= 15 is 0 Å². The van der Waals surface area contributed by atoms with Gasteiger partial charge >= 0.3 is 0 Å². The second-order valence-electron chi connectivity index (χ2n) is 4.00. The third-order valence-corrected chi connectivity index (χ3v) is 4.67. The molecular formula is C12H15N3O3S2. The van der Waals surface area contributed by atoms with Crippen LogP contribution in [-0.2, 0) is 16.6 Å². The Balaban J connectivity index is 2.16. The van der Waals surface area contributed by atoms with Crippen LogP contribution in [0.3, 0.4) is 0 Å². The van der Waals surface area contributed by atoms with Gasteiger partial charge in [0.1, 0.15) is 4.90 Å². The number of hydrogen-bond acceptors (Lipinski definition) is 5. The highest BCUT2D eigenvalue weighted by atomic mass is 32.2. The molecule has 2 aromatic rings. The molecule has 0 atom stereocenters. The average molecular weight is 313 g/mol. The van der Waals surface area contributed by atoms with E-state index in [1.54, 1.807) is 23.9 Å². The van der Waals surface area contributed by atoms with Gasteiger partial charge in [-0.1, -0.05) is 0 Å². The van der Waals surface area contributed by atoms with Crippen LogP contribution in [0, 0.1) is 0 Å². The van der Waals surface area contributed by atoms with Crippen LogP contribution in [-0.4, -0.2) is 36.2 Å². The van der Waals surface area contributed by atoms with E-state index in [1.807, 2.05) is 18.4 Å². The molecule has 0 aliphatic heterocycles. The molecule has 6 nitrogen and oxygen atoms in total. The lowest BCUT2D eigenvalue weighted by Gasteiger charge is -2.06. The van der Waals surface area contributed by atoms with Crippen LogP contribution in [0.4, 0.5) is 5.69 Å². The zero-order valence-corrected chi connectivity index (χ0v) is 12.5. The van der Waals surface area contributed by atoms with Crippen LogP contribution in [0.1, 0.15) is 0 Å². The Morgan fingerprint density at radius 3 is 2.65 bits per heavy atom. The van der Waals surface area contributed by atoms with Gasteiger partial charge in [-0.05, 0) is 30.5 Å². The predicted molar refractivity (Wildman–Crippen MR) is 78.3 cm³/mol. The lowest BCUT2D eigenvalue weighted by Crippen LogP contribution is -2.12. The van der Waals surface area contributed by atoms with Gasteiger partial charge < -0.3 is 5.11 Å². The van der Waals surface area contributed by atoms with E-state index in [9.17, 15) is 8.42 Å². The van der Waals surface area contributed by atoms with Gasteiger partial charge in [-0.2, -0.15) is 5.10 Å². The number of benzene rings is 1. The van der Waals surface area contributed by atoms with Gasteiger partial charge in [-0.3, -0.25) is 9.40 Å². The van der Waals surface area contributed by atoms with Crippen LogP contribution in [0.15, 0.2) is 46.5 Å². The molecule has 0 spiro atoms. The minimum Gasteiger partial charge on any atom is -0.394 e. The molecule has 0 amide bonds. The highest BCUT2D eigenvalue weighted by Crippen LogP contribution is 2.20. The van der Waals surface area contributed by atoms with E-state index in [2.05, 4.69) is 9.82 Å². The van der Waals surface area contributed by atoms with Gasteiger partial charge in [-0.25, -0.2) is 8.42 Å². The Kier molecular flexibility index (Phi) is 4.69. The molecule has 8 heteroatoms. The monoisotopic (exact) mass is 313 g/mol. The molecule has 20 heavy (non-hydrogen) atoms. The molecule has 0 bridgehead atoms. The topological polar surface area (TPSA) is 84.2 Å². The van der Waals surface area contributed by atoms with E-state index in [0.29, 0.717) is 5.69 Å². The molecule has 1 heterocycles. The minimum atomic E-state index is -3.65. The number of thioether (sulfide) groups is 1. The van der Waals surface area contributed by atoms with Gasteiger partial charge in [0.05, 0.1) is 19.3 Å². The largest absolute Gasteiger partial charge is 0.394 e. The number of nitrogens with one attached hydrogen (secondary N) is 1. The highest BCUT2D eigenvalue weighted by Gasteiger charge is 2.16. The fourth-order valence-electron chi connectivity index (χ4n) is 1.58. The Hall–Kier alpha value is -1.51. The molecule has 0 aliphatic rings. The fourth-order valence-corrected chi connectivity index (χ4v) is 3.00. The van der Waals surface area contributed by atoms with Crippen molar-refractivity contribution >= 4 is 27.5 Å². The van der Waals surface area contributed by atoms with Crippen LogP contribution in [0.5, 0.6) is 0 Å². The lowest BCUT2D eigenvalue weighted by molar-refractivity contribution is 0.269. The standard InChI is InChI=1S/C12H15N3O3S2/c1-19-11-4-2-10(3-5-11)14-20(17,18)12-8-13-15(9-12)6-7-16/h2-5,8-9,14,16H,6-7H2,1H3. The summed E-state index contributed by atoms with van der Waals surface area (Å²) in [5.74, 6) is 0. The number of hydrogen-bond donors (Lipinski definition) is 2. The first-order chi connectivity index (χ1) is 9.55. The van der Waals surface area contributed by atoms with Gasteiger partial charge in [0, 0.05) is 16.8 Å². The molecule has 2 rings (SSSR count). The molecule has 0 aliphatic carbocycles.